The SMILES string of the molecule is CCc1nc(C(N)=O)c(Nc2ccc(N3CCC(N4CCN(CC5CCN(C(=O)CCOCCOCCNc6cccc7c6C(=O)N(C6CCC(=O)N(C)C6=O)C7=O)CC5)CC4)CC3)c(OC)c2)nc1NC1CCOCC1. The van der Waals surface area contributed by atoms with Crippen LogP contribution in [0.5, 0.6) is 5.75 Å². The largest absolute Gasteiger partial charge is 0.495 e. The third-order valence-electron chi connectivity index (χ3n) is 16.0. The number of imide groups is 2. The Hall–Kier alpha value is -6.46. The van der Waals surface area contributed by atoms with Crippen LogP contribution < -0.4 is 31.3 Å². The monoisotopic (exact) mass is 1060 g/mol. The number of amides is 6. The molecule has 2 aromatic carbocycles. The molecule has 6 aliphatic heterocycles. The number of nitrogens with zero attached hydrogens (tertiary/aromatic N) is 8. The van der Waals surface area contributed by atoms with E-state index in [2.05, 4.69) is 41.7 Å². The van der Waals surface area contributed by atoms with Crippen LogP contribution in [0, 0.1) is 5.92 Å². The summed E-state index contributed by atoms with van der Waals surface area (Å²) in [5.41, 5.74) is 9.25. The third kappa shape index (κ3) is 13.1. The fourth-order valence-corrected chi connectivity index (χ4v) is 11.6. The minimum absolute atomic E-state index is 0.0819. The zero-order valence-corrected chi connectivity index (χ0v) is 44.9. The van der Waals surface area contributed by atoms with Gasteiger partial charge in [0.15, 0.2) is 17.3 Å². The number of methoxy groups -OCH3 is 1. The molecule has 0 spiro atoms. The van der Waals surface area contributed by atoms with Crippen LogP contribution in [0.2, 0.25) is 0 Å². The Morgan fingerprint density at radius 2 is 1.56 bits per heavy atom. The maximum Gasteiger partial charge on any atom is 0.271 e. The first-order valence-electron chi connectivity index (χ1n) is 27.6. The zero-order chi connectivity index (χ0) is 54.0. The smallest absolute Gasteiger partial charge is 0.271 e. The highest BCUT2D eigenvalue weighted by Crippen LogP contribution is 2.36. The summed E-state index contributed by atoms with van der Waals surface area (Å²) in [4.78, 5) is 98.1. The van der Waals surface area contributed by atoms with Gasteiger partial charge in [0.1, 0.15) is 11.8 Å². The minimum atomic E-state index is -1.01. The summed E-state index contributed by atoms with van der Waals surface area (Å²) in [6, 6.07) is 10.7. The Kier molecular flexibility index (Phi) is 18.5. The van der Waals surface area contributed by atoms with Gasteiger partial charge in [0.05, 0.1) is 62.5 Å². The van der Waals surface area contributed by atoms with Gasteiger partial charge in [0.25, 0.3) is 23.6 Å². The predicted molar refractivity (Wildman–Crippen MR) is 289 cm³/mol. The van der Waals surface area contributed by atoms with Crippen molar-refractivity contribution in [2.45, 2.75) is 89.3 Å². The number of nitrogens with one attached hydrogen (secondary N) is 3. The fourth-order valence-electron chi connectivity index (χ4n) is 11.6. The summed E-state index contributed by atoms with van der Waals surface area (Å²) in [6.45, 7) is 13.7. The average molecular weight is 1070 g/mol. The zero-order valence-electron chi connectivity index (χ0n) is 44.9. The van der Waals surface area contributed by atoms with Gasteiger partial charge < -0.3 is 55.3 Å². The lowest BCUT2D eigenvalue weighted by atomic mass is 9.95. The van der Waals surface area contributed by atoms with Gasteiger partial charge in [-0.1, -0.05) is 13.0 Å². The summed E-state index contributed by atoms with van der Waals surface area (Å²) in [5, 5.41) is 10.0. The van der Waals surface area contributed by atoms with Crippen LogP contribution >= 0.6 is 0 Å². The van der Waals surface area contributed by atoms with Gasteiger partial charge in [-0.15, -0.1) is 0 Å². The van der Waals surface area contributed by atoms with Crippen molar-refractivity contribution in [1.29, 1.82) is 0 Å². The van der Waals surface area contributed by atoms with Crippen LogP contribution in [0.1, 0.15) is 102 Å². The summed E-state index contributed by atoms with van der Waals surface area (Å²) < 4.78 is 22.9. The maximum absolute atomic E-state index is 13.4. The Labute approximate surface area is 450 Å². The molecule has 0 saturated carbocycles. The number of primary amides is 1. The van der Waals surface area contributed by atoms with E-state index in [1.54, 1.807) is 25.3 Å². The Bertz CT molecular complexity index is 2610. The van der Waals surface area contributed by atoms with Gasteiger partial charge in [-0.3, -0.25) is 43.5 Å². The van der Waals surface area contributed by atoms with E-state index in [0.29, 0.717) is 94.0 Å². The van der Waals surface area contributed by atoms with Crippen molar-refractivity contribution in [3.8, 4) is 5.75 Å². The van der Waals surface area contributed by atoms with Gasteiger partial charge in [-0.2, -0.15) is 0 Å². The Morgan fingerprint density at radius 1 is 0.818 bits per heavy atom. The highest BCUT2D eigenvalue weighted by atomic mass is 16.5. The van der Waals surface area contributed by atoms with E-state index in [1.807, 2.05) is 24.0 Å². The first-order valence-corrected chi connectivity index (χ1v) is 27.6. The molecule has 1 aromatic heterocycles. The lowest BCUT2D eigenvalue weighted by Gasteiger charge is -2.44. The number of piperazine rings is 1. The van der Waals surface area contributed by atoms with Gasteiger partial charge in [-0.25, -0.2) is 9.97 Å². The molecular weight excluding hydrogens is 989 g/mol. The van der Waals surface area contributed by atoms with E-state index < -0.39 is 29.7 Å². The minimum Gasteiger partial charge on any atom is -0.495 e. The number of fused-ring (bicyclic) bond motifs is 1. The standard InChI is InChI=1S/C55H76N12O10/c1-4-41-51(58-37-16-28-75-29-17-37)61-52(49(60-41)50(56)70)59-38-8-9-43(45(34-38)74-3)65-22-14-39(15-23-65)64-26-24-63(25-27-64)35-36-12-20-66(21-13-36)47(69)18-30-76-32-33-77-31-19-57-42-7-5-6-40-48(42)55(73)67(53(40)71)44-10-11-46(68)62(2)54(44)72/h5-9,34,36-37,39,44,57H,4,10-33,35H2,1-3H3,(H2,56,70)(H2,58,59,61). The van der Waals surface area contributed by atoms with E-state index in [0.717, 1.165) is 124 Å². The number of carbonyl (C=O) groups is 6. The first-order chi connectivity index (χ1) is 37.4. The number of piperidine rings is 3. The summed E-state index contributed by atoms with van der Waals surface area (Å²) >= 11 is 0. The molecule has 22 nitrogen and oxygen atoms in total. The average Bonchev–Trinajstić information content (AvgIpc) is 3.71. The van der Waals surface area contributed by atoms with Gasteiger partial charge >= 0.3 is 0 Å². The molecule has 1 unspecified atom stereocenters. The van der Waals surface area contributed by atoms with E-state index >= 15 is 0 Å². The lowest BCUT2D eigenvalue weighted by molar-refractivity contribution is -0.149. The molecule has 6 amide bonds. The molecule has 0 bridgehead atoms. The number of hydrogen-bond acceptors (Lipinski definition) is 18. The normalized spacial score (nSPS) is 20.5. The van der Waals surface area contributed by atoms with Crippen molar-refractivity contribution in [3.63, 3.8) is 0 Å². The molecule has 3 aromatic rings. The van der Waals surface area contributed by atoms with Gasteiger partial charge in [0.2, 0.25) is 11.8 Å². The number of carbonyl (C=O) groups excluding carboxylic acids is 6. The van der Waals surface area contributed by atoms with Crippen molar-refractivity contribution in [3.05, 3.63) is 58.9 Å². The van der Waals surface area contributed by atoms with Crippen LogP contribution in [-0.4, -0.2) is 207 Å². The number of ether oxygens (including phenoxy) is 4. The number of likely N-dealkylation sites (N-methyl/N-ethyl adjacent to an activating group) is 1. The predicted octanol–water partition coefficient (Wildman–Crippen LogP) is 3.58. The molecule has 416 valence electrons. The van der Waals surface area contributed by atoms with E-state index in [1.165, 1.54) is 7.05 Å². The maximum atomic E-state index is 13.4. The second-order valence-electron chi connectivity index (χ2n) is 20.8. The second kappa shape index (κ2) is 25.8. The quantitative estimate of drug-likeness (QED) is 0.0830. The number of likely N-dealkylation sites (tertiary alicyclic amines) is 2. The van der Waals surface area contributed by atoms with Crippen molar-refractivity contribution < 1.29 is 47.7 Å². The van der Waals surface area contributed by atoms with Crippen LogP contribution in [-0.2, 0) is 35.0 Å². The van der Waals surface area contributed by atoms with Crippen LogP contribution in [0.15, 0.2) is 36.4 Å². The lowest BCUT2D eigenvalue weighted by Crippen LogP contribution is -2.54. The molecule has 9 rings (SSSR count). The first kappa shape index (κ1) is 55.3. The van der Waals surface area contributed by atoms with E-state index in [9.17, 15) is 28.8 Å². The highest BCUT2D eigenvalue weighted by Gasteiger charge is 2.47. The fraction of sp³-hybridized carbons (Fsp3) is 0.600. The highest BCUT2D eigenvalue weighted by molar-refractivity contribution is 6.25. The number of hydrogen-bond donors (Lipinski definition) is 4. The molecule has 5 N–H and O–H groups in total. The second-order valence-corrected chi connectivity index (χ2v) is 20.8. The van der Waals surface area contributed by atoms with Crippen LogP contribution in [0.3, 0.4) is 0 Å². The molecule has 77 heavy (non-hydrogen) atoms. The van der Waals surface area contributed by atoms with Crippen LogP contribution in [0.4, 0.5) is 28.7 Å². The van der Waals surface area contributed by atoms with Gasteiger partial charge in [0, 0.05) is 122 Å². The van der Waals surface area contributed by atoms with Gasteiger partial charge in [-0.05, 0) is 81.5 Å². The van der Waals surface area contributed by atoms with E-state index in [4.69, 9.17) is 29.7 Å². The number of rotatable bonds is 22. The molecule has 5 saturated heterocycles. The number of nitrogens with two attached hydrogens (primary N) is 1. The van der Waals surface area contributed by atoms with Crippen molar-refractivity contribution in [2.75, 3.05) is 140 Å². The third-order valence-corrected chi connectivity index (χ3v) is 16.0. The number of aryl methyl sites for hydroxylation is 1. The molecule has 6 aliphatic rings. The molecule has 0 radical (unpaired) electrons. The molecular formula is C55H76N12O10. The molecule has 5 fully saturated rings. The Morgan fingerprint density at radius 3 is 2.27 bits per heavy atom. The number of benzene rings is 2. The Balaban J connectivity index is 0.630. The molecule has 22 heteroatoms. The number of aromatic nitrogens is 2. The van der Waals surface area contributed by atoms with Crippen LogP contribution in [0.25, 0.3) is 0 Å². The van der Waals surface area contributed by atoms with Crippen molar-refractivity contribution in [2.24, 2.45) is 11.7 Å². The van der Waals surface area contributed by atoms with Crippen molar-refractivity contribution >= 4 is 64.1 Å². The summed E-state index contributed by atoms with van der Waals surface area (Å²) in [7, 11) is 3.05. The molecule has 7 heterocycles. The van der Waals surface area contributed by atoms with E-state index in [-0.39, 0.29) is 47.5 Å². The van der Waals surface area contributed by atoms with Crippen molar-refractivity contribution in [1.82, 2.24) is 34.5 Å². The topological polar surface area (TPSA) is 247 Å². The number of anilines is 5. The molecule has 1 atom stereocenters. The summed E-state index contributed by atoms with van der Waals surface area (Å²) in [5.74, 6) is -0.249. The summed E-state index contributed by atoms with van der Waals surface area (Å²) in [6.07, 6.45) is 7.01. The molecule has 0 aliphatic carbocycles.